The predicted octanol–water partition coefficient (Wildman–Crippen LogP) is 3.23. The number of rotatable bonds is 4. The van der Waals surface area contributed by atoms with Gasteiger partial charge in [-0.3, -0.25) is 9.59 Å². The fourth-order valence-corrected chi connectivity index (χ4v) is 3.03. The first-order valence-electron chi connectivity index (χ1n) is 7.37. The standard InChI is InChI=1S/C16H15ClN4O2S/c1-24-16-18-9-10(17)14(20-16)15(23)19-11-5-2-3-6-12(11)21-8-4-7-13(21)22/h2-3,5-6,9H,4,7-8H2,1H3,(H,19,23). The molecule has 0 spiro atoms. The molecule has 1 aliphatic heterocycles. The number of nitrogens with zero attached hydrogens (tertiary/aromatic N) is 3. The number of aromatic nitrogens is 2. The molecule has 0 unspecified atom stereocenters. The van der Waals surface area contributed by atoms with Crippen LogP contribution in [0.3, 0.4) is 0 Å². The minimum Gasteiger partial charge on any atom is -0.319 e. The summed E-state index contributed by atoms with van der Waals surface area (Å²) in [5, 5.41) is 3.45. The Morgan fingerprint density at radius 1 is 1.38 bits per heavy atom. The van der Waals surface area contributed by atoms with Gasteiger partial charge < -0.3 is 10.2 Å². The van der Waals surface area contributed by atoms with Gasteiger partial charge in [0.2, 0.25) is 5.91 Å². The highest BCUT2D eigenvalue weighted by molar-refractivity contribution is 7.98. The second-order valence-electron chi connectivity index (χ2n) is 5.17. The van der Waals surface area contributed by atoms with Crippen molar-refractivity contribution < 1.29 is 9.59 Å². The Kier molecular flexibility index (Phi) is 5.01. The van der Waals surface area contributed by atoms with Crippen LogP contribution in [-0.4, -0.2) is 34.6 Å². The number of thioether (sulfide) groups is 1. The van der Waals surface area contributed by atoms with Crippen molar-refractivity contribution in [1.29, 1.82) is 0 Å². The van der Waals surface area contributed by atoms with Crippen LogP contribution in [0.25, 0.3) is 0 Å². The first-order chi connectivity index (χ1) is 11.6. The zero-order valence-corrected chi connectivity index (χ0v) is 14.5. The Labute approximate surface area is 148 Å². The Morgan fingerprint density at radius 3 is 2.88 bits per heavy atom. The van der Waals surface area contributed by atoms with Crippen LogP contribution in [0.2, 0.25) is 5.02 Å². The van der Waals surface area contributed by atoms with E-state index in [4.69, 9.17) is 11.6 Å². The molecule has 1 N–H and O–H groups in total. The van der Waals surface area contributed by atoms with Crippen molar-refractivity contribution in [2.75, 3.05) is 23.0 Å². The molecule has 8 heteroatoms. The van der Waals surface area contributed by atoms with E-state index in [1.165, 1.54) is 18.0 Å². The number of amides is 2. The van der Waals surface area contributed by atoms with Gasteiger partial charge in [0.05, 0.1) is 22.6 Å². The van der Waals surface area contributed by atoms with Gasteiger partial charge in [-0.25, -0.2) is 9.97 Å². The summed E-state index contributed by atoms with van der Waals surface area (Å²) < 4.78 is 0. The van der Waals surface area contributed by atoms with Gasteiger partial charge in [0.15, 0.2) is 10.9 Å². The molecular formula is C16H15ClN4O2S. The Hall–Kier alpha value is -2.12. The first kappa shape index (κ1) is 16.7. The zero-order valence-electron chi connectivity index (χ0n) is 13.0. The van der Waals surface area contributed by atoms with Gasteiger partial charge in [-0.05, 0) is 24.8 Å². The van der Waals surface area contributed by atoms with Crippen LogP contribution in [0, 0.1) is 0 Å². The lowest BCUT2D eigenvalue weighted by atomic mass is 10.2. The quantitative estimate of drug-likeness (QED) is 0.667. The average Bonchev–Trinajstić information content (AvgIpc) is 3.01. The van der Waals surface area contributed by atoms with E-state index in [1.807, 2.05) is 18.4 Å². The van der Waals surface area contributed by atoms with Gasteiger partial charge in [-0.1, -0.05) is 35.5 Å². The average molecular weight is 363 g/mol. The minimum atomic E-state index is -0.434. The highest BCUT2D eigenvalue weighted by Crippen LogP contribution is 2.30. The summed E-state index contributed by atoms with van der Waals surface area (Å²) in [6, 6.07) is 7.20. The van der Waals surface area contributed by atoms with Gasteiger partial charge in [0.25, 0.3) is 5.91 Å². The van der Waals surface area contributed by atoms with Crippen LogP contribution in [0.15, 0.2) is 35.6 Å². The van der Waals surface area contributed by atoms with Crippen molar-refractivity contribution >= 4 is 46.6 Å². The van der Waals surface area contributed by atoms with E-state index in [2.05, 4.69) is 15.3 Å². The topological polar surface area (TPSA) is 75.2 Å². The summed E-state index contributed by atoms with van der Waals surface area (Å²) in [4.78, 5) is 34.4. The molecule has 1 fully saturated rings. The van der Waals surface area contributed by atoms with E-state index in [-0.39, 0.29) is 16.6 Å². The summed E-state index contributed by atoms with van der Waals surface area (Å²) in [5.41, 5.74) is 1.35. The Bertz CT molecular complexity index is 799. The van der Waals surface area contributed by atoms with Crippen molar-refractivity contribution in [3.8, 4) is 0 Å². The van der Waals surface area contributed by atoms with Crippen molar-refractivity contribution in [2.24, 2.45) is 0 Å². The first-order valence-corrected chi connectivity index (χ1v) is 8.97. The smallest absolute Gasteiger partial charge is 0.276 e. The number of anilines is 2. The van der Waals surface area contributed by atoms with Crippen LogP contribution in [0.5, 0.6) is 0 Å². The third kappa shape index (κ3) is 3.37. The molecule has 24 heavy (non-hydrogen) atoms. The monoisotopic (exact) mass is 362 g/mol. The summed E-state index contributed by atoms with van der Waals surface area (Å²) >= 11 is 7.37. The van der Waals surface area contributed by atoms with Crippen LogP contribution in [-0.2, 0) is 4.79 Å². The molecule has 0 saturated carbocycles. The second kappa shape index (κ2) is 7.19. The molecule has 1 aromatic heterocycles. The van der Waals surface area contributed by atoms with Gasteiger partial charge in [-0.2, -0.15) is 0 Å². The number of hydrogen-bond donors (Lipinski definition) is 1. The maximum atomic E-state index is 12.6. The van der Waals surface area contributed by atoms with Gasteiger partial charge >= 0.3 is 0 Å². The van der Waals surface area contributed by atoms with Gasteiger partial charge in [0.1, 0.15) is 0 Å². The molecule has 2 aromatic rings. The lowest BCUT2D eigenvalue weighted by Gasteiger charge is -2.20. The molecule has 0 atom stereocenters. The molecule has 2 amide bonds. The number of carbonyl (C=O) groups is 2. The summed E-state index contributed by atoms with van der Waals surface area (Å²) in [5.74, 6) is -0.377. The number of hydrogen-bond acceptors (Lipinski definition) is 5. The molecule has 0 bridgehead atoms. The molecule has 0 aliphatic carbocycles. The summed E-state index contributed by atoms with van der Waals surface area (Å²) in [6.45, 7) is 0.649. The highest BCUT2D eigenvalue weighted by Gasteiger charge is 2.24. The van der Waals surface area contributed by atoms with Crippen LogP contribution < -0.4 is 10.2 Å². The third-order valence-corrected chi connectivity index (χ3v) is 4.47. The summed E-state index contributed by atoms with van der Waals surface area (Å²) in [6.07, 6.45) is 4.57. The van der Waals surface area contributed by atoms with E-state index in [9.17, 15) is 9.59 Å². The molecule has 0 radical (unpaired) electrons. The Balaban J connectivity index is 1.89. The number of para-hydroxylation sites is 2. The van der Waals surface area contributed by atoms with Crippen molar-refractivity contribution in [3.05, 3.63) is 41.2 Å². The van der Waals surface area contributed by atoms with Crippen molar-refractivity contribution in [3.63, 3.8) is 0 Å². The molecule has 124 valence electrons. The van der Waals surface area contributed by atoms with E-state index in [0.29, 0.717) is 29.5 Å². The molecule has 2 heterocycles. The lowest BCUT2D eigenvalue weighted by molar-refractivity contribution is -0.117. The van der Waals surface area contributed by atoms with Crippen LogP contribution in [0.1, 0.15) is 23.3 Å². The van der Waals surface area contributed by atoms with Gasteiger partial charge in [0, 0.05) is 13.0 Å². The normalized spacial score (nSPS) is 14.1. The number of nitrogens with one attached hydrogen (secondary N) is 1. The molecule has 1 saturated heterocycles. The van der Waals surface area contributed by atoms with E-state index < -0.39 is 5.91 Å². The molecule has 6 nitrogen and oxygen atoms in total. The van der Waals surface area contributed by atoms with Crippen LogP contribution >= 0.6 is 23.4 Å². The lowest BCUT2D eigenvalue weighted by Crippen LogP contribution is -2.25. The fraction of sp³-hybridized carbons (Fsp3) is 0.250. The fourth-order valence-electron chi connectivity index (χ4n) is 2.51. The minimum absolute atomic E-state index is 0.0569. The second-order valence-corrected chi connectivity index (χ2v) is 6.35. The SMILES string of the molecule is CSc1ncc(Cl)c(C(=O)Nc2ccccc2N2CCCC2=O)n1. The third-order valence-electron chi connectivity index (χ3n) is 3.64. The van der Waals surface area contributed by atoms with Gasteiger partial charge in [-0.15, -0.1) is 0 Å². The maximum Gasteiger partial charge on any atom is 0.276 e. The number of carbonyl (C=O) groups excluding carboxylic acids is 2. The molecule has 3 rings (SSSR count). The largest absolute Gasteiger partial charge is 0.319 e. The van der Waals surface area contributed by atoms with Crippen molar-refractivity contribution in [2.45, 2.75) is 18.0 Å². The molecule has 1 aromatic carbocycles. The molecule has 1 aliphatic rings. The number of benzene rings is 1. The summed E-state index contributed by atoms with van der Waals surface area (Å²) in [7, 11) is 0. The number of halogens is 1. The van der Waals surface area contributed by atoms with Crippen molar-refractivity contribution in [1.82, 2.24) is 9.97 Å². The molecular weight excluding hydrogens is 348 g/mol. The van der Waals surface area contributed by atoms with E-state index in [0.717, 1.165) is 6.42 Å². The van der Waals surface area contributed by atoms with E-state index in [1.54, 1.807) is 17.0 Å². The van der Waals surface area contributed by atoms with Crippen LogP contribution in [0.4, 0.5) is 11.4 Å². The zero-order chi connectivity index (χ0) is 17.1. The predicted molar refractivity (Wildman–Crippen MR) is 94.8 cm³/mol. The maximum absolute atomic E-state index is 12.6. The highest BCUT2D eigenvalue weighted by atomic mass is 35.5. The Morgan fingerprint density at radius 2 is 2.17 bits per heavy atom. The van der Waals surface area contributed by atoms with E-state index >= 15 is 0 Å².